The van der Waals surface area contributed by atoms with Crippen molar-refractivity contribution in [3.63, 3.8) is 0 Å². The monoisotopic (exact) mass is 415 g/mol. The number of nitrogens with zero attached hydrogens (tertiary/aromatic N) is 5. The molecule has 0 atom stereocenters. The molecule has 1 fully saturated rings. The number of hydrogen-bond donors (Lipinski definition) is 0. The molecule has 2 aromatic rings. The number of amides is 1. The third-order valence-corrected chi connectivity index (χ3v) is 5.13. The first kappa shape index (κ1) is 19.7. The molecule has 1 saturated heterocycles. The van der Waals surface area contributed by atoms with Gasteiger partial charge in [-0.2, -0.15) is 4.98 Å². The molecule has 3 heterocycles. The molecule has 146 valence electrons. The Labute approximate surface area is 165 Å². The summed E-state index contributed by atoms with van der Waals surface area (Å²) in [6, 6.07) is 0. The highest BCUT2D eigenvalue weighted by atomic mass is 35.5. The van der Waals surface area contributed by atoms with Crippen LogP contribution in [-0.2, 0) is 4.74 Å². The zero-order valence-corrected chi connectivity index (χ0v) is 16.7. The molecule has 0 radical (unpaired) electrons. The number of carbonyl (C=O) groups is 1. The smallest absolute Gasteiger partial charge is 0.409 e. The lowest BCUT2D eigenvalue weighted by molar-refractivity contribution is 0.121. The minimum absolute atomic E-state index is 0.0724. The van der Waals surface area contributed by atoms with Crippen LogP contribution in [0.3, 0.4) is 0 Å². The first-order chi connectivity index (χ1) is 13.0. The molecule has 0 N–H and O–H groups in total. The van der Waals surface area contributed by atoms with Crippen LogP contribution in [0.5, 0.6) is 5.88 Å². The van der Waals surface area contributed by atoms with Crippen molar-refractivity contribution in [2.75, 3.05) is 51.1 Å². The van der Waals surface area contributed by atoms with Gasteiger partial charge in [-0.1, -0.05) is 30.3 Å². The fourth-order valence-corrected chi connectivity index (χ4v) is 3.61. The number of rotatable bonds is 4. The highest BCUT2D eigenvalue weighted by molar-refractivity contribution is 7.99. The number of carbonyl (C=O) groups excluding carboxylic acids is 1. The van der Waals surface area contributed by atoms with Gasteiger partial charge < -0.3 is 19.3 Å². The number of aromatic nitrogens is 3. The molecule has 1 aliphatic rings. The van der Waals surface area contributed by atoms with Gasteiger partial charge in [0.1, 0.15) is 16.7 Å². The first-order valence-electron chi connectivity index (χ1n) is 8.31. The number of pyridine rings is 1. The Kier molecular flexibility index (Phi) is 6.05. The van der Waals surface area contributed by atoms with Crippen molar-refractivity contribution in [2.24, 2.45) is 0 Å². The Morgan fingerprint density at radius 2 is 1.93 bits per heavy atom. The van der Waals surface area contributed by atoms with Crippen molar-refractivity contribution in [1.82, 2.24) is 19.9 Å². The lowest BCUT2D eigenvalue weighted by Crippen LogP contribution is -2.49. The van der Waals surface area contributed by atoms with Gasteiger partial charge in [0, 0.05) is 26.2 Å². The highest BCUT2D eigenvalue weighted by Crippen LogP contribution is 2.36. The van der Waals surface area contributed by atoms with Gasteiger partial charge in [-0.3, -0.25) is 0 Å². The second-order valence-corrected chi connectivity index (χ2v) is 7.25. The highest BCUT2D eigenvalue weighted by Gasteiger charge is 2.27. The fraction of sp³-hybridized carbons (Fsp3) is 0.500. The minimum Gasteiger partial charge on any atom is -0.480 e. The molecule has 11 heteroatoms. The summed E-state index contributed by atoms with van der Waals surface area (Å²) in [7, 11) is 2.79. The molecule has 0 bridgehead atoms. The summed E-state index contributed by atoms with van der Waals surface area (Å²) in [5, 5.41) is 0.511. The fourth-order valence-electron chi connectivity index (χ4n) is 2.88. The van der Waals surface area contributed by atoms with E-state index >= 15 is 0 Å². The second kappa shape index (κ2) is 8.30. The van der Waals surface area contributed by atoms with E-state index in [9.17, 15) is 9.18 Å². The van der Waals surface area contributed by atoms with Crippen LogP contribution in [0.1, 0.15) is 6.92 Å². The number of methoxy groups -OCH3 is 2. The lowest BCUT2D eigenvalue weighted by Gasteiger charge is -2.35. The average Bonchev–Trinajstić information content (AvgIpc) is 2.70. The third kappa shape index (κ3) is 3.81. The summed E-state index contributed by atoms with van der Waals surface area (Å²) < 4.78 is 24.7. The molecule has 0 unspecified atom stereocenters. The molecule has 2 aromatic heterocycles. The van der Waals surface area contributed by atoms with Crippen LogP contribution in [-0.4, -0.2) is 72.1 Å². The maximum atomic E-state index is 14.7. The largest absolute Gasteiger partial charge is 0.480 e. The van der Waals surface area contributed by atoms with E-state index in [4.69, 9.17) is 21.1 Å². The van der Waals surface area contributed by atoms with Crippen LogP contribution in [0.15, 0.2) is 5.16 Å². The van der Waals surface area contributed by atoms with Crippen molar-refractivity contribution >= 4 is 46.2 Å². The summed E-state index contributed by atoms with van der Waals surface area (Å²) in [5.74, 6) is 0.705. The molecule has 27 heavy (non-hydrogen) atoms. The van der Waals surface area contributed by atoms with Crippen molar-refractivity contribution in [1.29, 1.82) is 0 Å². The molecule has 1 amide bonds. The summed E-state index contributed by atoms with van der Waals surface area (Å²) in [5.41, 5.74) is 0.0724. The molecule has 0 saturated carbocycles. The molecule has 0 aliphatic carbocycles. The average molecular weight is 416 g/mol. The quantitative estimate of drug-likeness (QED) is 0.428. The Morgan fingerprint density at radius 1 is 1.22 bits per heavy atom. The van der Waals surface area contributed by atoms with Gasteiger partial charge in [0.05, 0.1) is 14.2 Å². The van der Waals surface area contributed by atoms with Crippen molar-refractivity contribution in [3.8, 4) is 5.88 Å². The van der Waals surface area contributed by atoms with Gasteiger partial charge in [0.2, 0.25) is 5.88 Å². The molecule has 3 rings (SSSR count). The number of anilines is 1. The van der Waals surface area contributed by atoms with Gasteiger partial charge in [-0.15, -0.1) is 0 Å². The van der Waals surface area contributed by atoms with E-state index < -0.39 is 5.82 Å². The summed E-state index contributed by atoms with van der Waals surface area (Å²) >= 11 is 7.31. The topological polar surface area (TPSA) is 80.7 Å². The van der Waals surface area contributed by atoms with Gasteiger partial charge in [0.25, 0.3) is 0 Å². The van der Waals surface area contributed by atoms with E-state index in [1.165, 1.54) is 26.0 Å². The number of halogens is 2. The molecule has 1 aliphatic heterocycles. The van der Waals surface area contributed by atoms with Crippen LogP contribution >= 0.6 is 23.4 Å². The van der Waals surface area contributed by atoms with E-state index in [1.54, 1.807) is 4.90 Å². The van der Waals surface area contributed by atoms with Crippen molar-refractivity contribution in [2.45, 2.75) is 12.1 Å². The van der Waals surface area contributed by atoms with Crippen molar-refractivity contribution in [3.05, 3.63) is 11.0 Å². The maximum absolute atomic E-state index is 14.7. The SMILES string of the molecule is CCSc1nc(N2CCN(C(=O)OC)CC2)c2c(OC)nc(Cl)c(F)c2n1. The predicted molar refractivity (Wildman–Crippen MR) is 101 cm³/mol. The Morgan fingerprint density at radius 3 is 2.52 bits per heavy atom. The summed E-state index contributed by atoms with van der Waals surface area (Å²) in [6.07, 6.45) is -0.374. The Bertz CT molecular complexity index is 864. The van der Waals surface area contributed by atoms with E-state index in [2.05, 4.69) is 15.0 Å². The first-order valence-corrected chi connectivity index (χ1v) is 9.67. The van der Waals surface area contributed by atoms with Crippen LogP contribution in [0.25, 0.3) is 10.9 Å². The number of ether oxygens (including phenoxy) is 2. The van der Waals surface area contributed by atoms with E-state index in [0.717, 1.165) is 5.75 Å². The number of hydrogen-bond acceptors (Lipinski definition) is 8. The number of piperazine rings is 1. The molecular formula is C16H19ClFN5O3S. The molecule has 0 spiro atoms. The Balaban J connectivity index is 2.08. The molecule has 0 aromatic carbocycles. The lowest BCUT2D eigenvalue weighted by atomic mass is 10.2. The normalized spacial score (nSPS) is 14.6. The van der Waals surface area contributed by atoms with Crippen LogP contribution < -0.4 is 9.64 Å². The third-order valence-electron chi connectivity index (χ3n) is 4.15. The van der Waals surface area contributed by atoms with Crippen LogP contribution in [0.4, 0.5) is 15.0 Å². The summed E-state index contributed by atoms with van der Waals surface area (Å²) in [6.45, 7) is 3.89. The zero-order chi connectivity index (χ0) is 19.6. The predicted octanol–water partition coefficient (Wildman–Crippen LogP) is 2.83. The van der Waals surface area contributed by atoms with E-state index in [1.807, 2.05) is 11.8 Å². The van der Waals surface area contributed by atoms with Crippen molar-refractivity contribution < 1.29 is 18.7 Å². The van der Waals surface area contributed by atoms with Gasteiger partial charge >= 0.3 is 6.09 Å². The van der Waals surface area contributed by atoms with E-state index in [-0.39, 0.29) is 22.6 Å². The van der Waals surface area contributed by atoms with Crippen LogP contribution in [0, 0.1) is 5.82 Å². The second-order valence-electron chi connectivity index (χ2n) is 5.66. The molecular weight excluding hydrogens is 397 g/mol. The maximum Gasteiger partial charge on any atom is 0.409 e. The van der Waals surface area contributed by atoms with Crippen LogP contribution in [0.2, 0.25) is 5.15 Å². The standard InChI is InChI=1S/C16H19ClFN5O3S/c1-4-27-15-19-11-9(14(25-2)20-12(17)10(11)18)13(21-15)22-5-7-23(8-6-22)16(24)26-3/h4-8H2,1-3H3. The van der Waals surface area contributed by atoms with Gasteiger partial charge in [-0.25, -0.2) is 19.2 Å². The molecule has 8 nitrogen and oxygen atoms in total. The Hall–Kier alpha value is -2.07. The van der Waals surface area contributed by atoms with E-state index in [0.29, 0.717) is 42.5 Å². The number of thioether (sulfide) groups is 1. The number of fused-ring (bicyclic) bond motifs is 1. The summed E-state index contributed by atoms with van der Waals surface area (Å²) in [4.78, 5) is 28.2. The van der Waals surface area contributed by atoms with Gasteiger partial charge in [-0.05, 0) is 5.75 Å². The van der Waals surface area contributed by atoms with Gasteiger partial charge in [0.15, 0.2) is 16.1 Å². The minimum atomic E-state index is -0.706. The zero-order valence-electron chi connectivity index (χ0n) is 15.2.